The Morgan fingerprint density at radius 3 is 2.42 bits per heavy atom. The van der Waals surface area contributed by atoms with Crippen LogP contribution in [0.5, 0.6) is 5.75 Å². The lowest BCUT2D eigenvalue weighted by Gasteiger charge is -2.15. The first-order chi connectivity index (χ1) is 9.02. The van der Waals surface area contributed by atoms with Crippen LogP contribution >= 0.6 is 43.5 Å². The summed E-state index contributed by atoms with van der Waals surface area (Å²) >= 11 is 13.2. The molecule has 1 nitrogen and oxygen atoms in total. The molecule has 1 unspecified atom stereocenters. The van der Waals surface area contributed by atoms with Gasteiger partial charge in [0.2, 0.25) is 0 Å². The molecule has 0 aliphatic rings. The zero-order chi connectivity index (χ0) is 14.0. The lowest BCUT2D eigenvalue weighted by molar-refractivity contribution is 0.414. The molecule has 0 radical (unpaired) electrons. The van der Waals surface area contributed by atoms with Gasteiger partial charge in [-0.1, -0.05) is 55.6 Å². The second-order valence-electron chi connectivity index (χ2n) is 3.92. The molecule has 0 aliphatic heterocycles. The van der Waals surface area contributed by atoms with Gasteiger partial charge in [-0.15, -0.1) is 0 Å². The minimum Gasteiger partial charge on any atom is -0.497 e. The van der Waals surface area contributed by atoms with Crippen molar-refractivity contribution in [2.75, 3.05) is 7.11 Å². The Kier molecular flexibility index (Phi) is 4.87. The summed E-state index contributed by atoms with van der Waals surface area (Å²) in [5.41, 5.74) is 1.81. The zero-order valence-corrected chi connectivity index (χ0v) is 13.9. The number of halogens is 4. The van der Waals surface area contributed by atoms with Gasteiger partial charge in [0.05, 0.1) is 11.9 Å². The summed E-state index contributed by atoms with van der Waals surface area (Å²) in [5.74, 6) is 0.419. The highest BCUT2D eigenvalue weighted by atomic mass is 79.9. The van der Waals surface area contributed by atoms with Crippen molar-refractivity contribution in [1.29, 1.82) is 0 Å². The first-order valence-electron chi connectivity index (χ1n) is 5.45. The molecular formula is C14H10Br2ClFO. The van der Waals surface area contributed by atoms with E-state index in [4.69, 9.17) is 16.3 Å². The molecule has 0 aliphatic carbocycles. The normalized spacial score (nSPS) is 12.3. The number of hydrogen-bond acceptors (Lipinski definition) is 1. The van der Waals surface area contributed by atoms with Crippen molar-refractivity contribution >= 4 is 43.5 Å². The Morgan fingerprint density at radius 1 is 1.16 bits per heavy atom. The average Bonchev–Trinajstić information content (AvgIpc) is 2.37. The third-order valence-corrected chi connectivity index (χ3v) is 4.72. The summed E-state index contributed by atoms with van der Waals surface area (Å²) < 4.78 is 18.9. The summed E-state index contributed by atoms with van der Waals surface area (Å²) in [6.45, 7) is 0. The van der Waals surface area contributed by atoms with E-state index < -0.39 is 0 Å². The highest BCUT2D eigenvalue weighted by Crippen LogP contribution is 2.39. The molecule has 1 atom stereocenters. The Labute approximate surface area is 133 Å². The van der Waals surface area contributed by atoms with Gasteiger partial charge < -0.3 is 4.74 Å². The molecule has 0 saturated heterocycles. The number of alkyl halides is 1. The van der Waals surface area contributed by atoms with Crippen molar-refractivity contribution in [1.82, 2.24) is 0 Å². The van der Waals surface area contributed by atoms with Gasteiger partial charge in [-0.05, 0) is 35.4 Å². The Hall–Kier alpha value is -0.580. The summed E-state index contributed by atoms with van der Waals surface area (Å²) in [6, 6.07) is 10.1. The lowest BCUT2D eigenvalue weighted by Crippen LogP contribution is -1.96. The number of benzene rings is 2. The van der Waals surface area contributed by atoms with Crippen molar-refractivity contribution in [2.45, 2.75) is 4.83 Å². The van der Waals surface area contributed by atoms with Crippen molar-refractivity contribution in [3.63, 3.8) is 0 Å². The second-order valence-corrected chi connectivity index (χ2v) is 6.09. The van der Waals surface area contributed by atoms with Crippen LogP contribution in [0.3, 0.4) is 0 Å². The third-order valence-electron chi connectivity index (χ3n) is 2.72. The largest absolute Gasteiger partial charge is 0.497 e. The van der Waals surface area contributed by atoms with Crippen molar-refractivity contribution in [2.24, 2.45) is 0 Å². The topological polar surface area (TPSA) is 9.23 Å². The molecule has 0 spiro atoms. The van der Waals surface area contributed by atoms with Gasteiger partial charge in [0.25, 0.3) is 0 Å². The second kappa shape index (κ2) is 6.25. The molecule has 0 saturated carbocycles. The Morgan fingerprint density at radius 2 is 1.84 bits per heavy atom. The van der Waals surface area contributed by atoms with Crippen LogP contribution in [-0.2, 0) is 0 Å². The predicted molar refractivity (Wildman–Crippen MR) is 82.9 cm³/mol. The van der Waals surface area contributed by atoms with E-state index >= 15 is 0 Å². The van der Waals surface area contributed by atoms with Crippen LogP contribution in [-0.4, -0.2) is 7.11 Å². The highest BCUT2D eigenvalue weighted by Gasteiger charge is 2.17. The first kappa shape index (κ1) is 14.8. The molecule has 100 valence electrons. The van der Waals surface area contributed by atoms with Gasteiger partial charge in [-0.3, -0.25) is 0 Å². The molecule has 0 aromatic heterocycles. The standard InChI is InChI=1S/C14H10Br2ClFO/c1-19-9-3-5-11(13(17)7-9)14(16)10-4-2-8(18)6-12(10)15/h2-7,14H,1H3. The van der Waals surface area contributed by atoms with E-state index in [1.54, 1.807) is 19.2 Å². The summed E-state index contributed by atoms with van der Waals surface area (Å²) in [7, 11) is 1.59. The highest BCUT2D eigenvalue weighted by molar-refractivity contribution is 9.11. The molecule has 2 aromatic carbocycles. The van der Waals surface area contributed by atoms with Crippen LogP contribution in [0.15, 0.2) is 40.9 Å². The van der Waals surface area contributed by atoms with Gasteiger partial charge in [0.15, 0.2) is 0 Å². The number of methoxy groups -OCH3 is 1. The quantitative estimate of drug-likeness (QED) is 0.589. The van der Waals surface area contributed by atoms with E-state index in [0.29, 0.717) is 15.2 Å². The van der Waals surface area contributed by atoms with Crippen LogP contribution in [0, 0.1) is 5.82 Å². The van der Waals surface area contributed by atoms with Gasteiger partial charge in [-0.2, -0.15) is 0 Å². The minimum absolute atomic E-state index is 0.124. The van der Waals surface area contributed by atoms with Gasteiger partial charge >= 0.3 is 0 Å². The fourth-order valence-corrected chi connectivity index (χ4v) is 3.81. The smallest absolute Gasteiger partial charge is 0.124 e. The maximum Gasteiger partial charge on any atom is 0.124 e. The number of hydrogen-bond donors (Lipinski definition) is 0. The minimum atomic E-state index is -0.281. The molecule has 0 N–H and O–H groups in total. The van der Waals surface area contributed by atoms with Crippen LogP contribution in [0.1, 0.15) is 16.0 Å². The van der Waals surface area contributed by atoms with Gasteiger partial charge in [0, 0.05) is 9.50 Å². The van der Waals surface area contributed by atoms with Crippen LogP contribution in [0.2, 0.25) is 5.02 Å². The van der Waals surface area contributed by atoms with E-state index in [2.05, 4.69) is 31.9 Å². The van der Waals surface area contributed by atoms with E-state index in [0.717, 1.165) is 11.1 Å². The first-order valence-corrected chi connectivity index (χ1v) is 7.54. The predicted octanol–water partition coefficient (Wildman–Crippen LogP) is 5.73. The van der Waals surface area contributed by atoms with Crippen LogP contribution in [0.25, 0.3) is 0 Å². The molecule has 0 amide bonds. The molecule has 2 rings (SSSR count). The van der Waals surface area contributed by atoms with E-state index in [-0.39, 0.29) is 10.6 Å². The van der Waals surface area contributed by atoms with E-state index in [1.165, 1.54) is 12.1 Å². The number of rotatable bonds is 3. The van der Waals surface area contributed by atoms with Gasteiger partial charge in [0.1, 0.15) is 11.6 Å². The zero-order valence-electron chi connectivity index (χ0n) is 9.96. The SMILES string of the molecule is COc1ccc(C(Br)c2ccc(F)cc2Br)c(Cl)c1. The molecular weight excluding hydrogens is 398 g/mol. The summed E-state index contributed by atoms with van der Waals surface area (Å²) in [4.78, 5) is -0.124. The number of ether oxygens (including phenoxy) is 1. The lowest BCUT2D eigenvalue weighted by atomic mass is 10.0. The monoisotopic (exact) mass is 406 g/mol. The molecule has 19 heavy (non-hydrogen) atoms. The van der Waals surface area contributed by atoms with Crippen molar-refractivity contribution in [3.05, 3.63) is 62.8 Å². The van der Waals surface area contributed by atoms with Crippen molar-refractivity contribution < 1.29 is 9.13 Å². The molecule has 5 heteroatoms. The fraction of sp³-hybridized carbons (Fsp3) is 0.143. The maximum absolute atomic E-state index is 13.1. The molecule has 0 heterocycles. The maximum atomic E-state index is 13.1. The molecule has 0 bridgehead atoms. The molecule has 0 fully saturated rings. The van der Waals surface area contributed by atoms with E-state index in [1.807, 2.05) is 12.1 Å². The van der Waals surface area contributed by atoms with Gasteiger partial charge in [-0.25, -0.2) is 4.39 Å². The van der Waals surface area contributed by atoms with Crippen LogP contribution < -0.4 is 4.74 Å². The average molecular weight is 408 g/mol. The summed E-state index contributed by atoms with van der Waals surface area (Å²) in [6.07, 6.45) is 0. The Bertz CT molecular complexity index is 604. The van der Waals surface area contributed by atoms with Crippen molar-refractivity contribution in [3.8, 4) is 5.75 Å². The molecule has 2 aromatic rings. The third kappa shape index (κ3) is 3.30. The van der Waals surface area contributed by atoms with Crippen LogP contribution in [0.4, 0.5) is 4.39 Å². The Balaban J connectivity index is 2.41. The van der Waals surface area contributed by atoms with E-state index in [9.17, 15) is 4.39 Å². The summed E-state index contributed by atoms with van der Waals surface area (Å²) in [5, 5.41) is 0.595. The fourth-order valence-electron chi connectivity index (χ4n) is 1.71.